The summed E-state index contributed by atoms with van der Waals surface area (Å²) in [5.41, 5.74) is 0.948. The SMILES string of the molecule is CC(C)NCC1CCOC1c1cc2ccccc2o1. The molecule has 0 amide bonds. The highest BCUT2D eigenvalue weighted by atomic mass is 16.5. The molecule has 1 aliphatic rings. The van der Waals surface area contributed by atoms with Crippen LogP contribution in [0, 0.1) is 5.92 Å². The highest BCUT2D eigenvalue weighted by molar-refractivity contribution is 5.77. The summed E-state index contributed by atoms with van der Waals surface area (Å²) in [6.45, 7) is 6.16. The Morgan fingerprint density at radius 2 is 2.16 bits per heavy atom. The molecule has 2 atom stereocenters. The van der Waals surface area contributed by atoms with Crippen molar-refractivity contribution in [2.75, 3.05) is 13.2 Å². The quantitative estimate of drug-likeness (QED) is 0.912. The van der Waals surface area contributed by atoms with E-state index in [1.165, 1.54) is 0 Å². The third-order valence-corrected chi connectivity index (χ3v) is 3.73. The van der Waals surface area contributed by atoms with Crippen molar-refractivity contribution in [2.24, 2.45) is 5.92 Å². The van der Waals surface area contributed by atoms with Crippen LogP contribution in [0.1, 0.15) is 32.1 Å². The van der Waals surface area contributed by atoms with Crippen molar-refractivity contribution < 1.29 is 9.15 Å². The van der Waals surface area contributed by atoms with Gasteiger partial charge in [0.25, 0.3) is 0 Å². The topological polar surface area (TPSA) is 34.4 Å². The fourth-order valence-electron chi connectivity index (χ4n) is 2.69. The number of furan rings is 1. The molecule has 2 unspecified atom stereocenters. The molecule has 0 spiro atoms. The predicted octanol–water partition coefficient (Wildman–Crippen LogP) is 3.51. The first-order valence-corrected chi connectivity index (χ1v) is 7.07. The molecule has 0 saturated carbocycles. The molecular weight excluding hydrogens is 238 g/mol. The largest absolute Gasteiger partial charge is 0.458 e. The lowest BCUT2D eigenvalue weighted by molar-refractivity contribution is 0.0731. The Kier molecular flexibility index (Phi) is 3.58. The van der Waals surface area contributed by atoms with Crippen LogP contribution in [0.3, 0.4) is 0 Å². The minimum atomic E-state index is 0.0960. The number of ether oxygens (including phenoxy) is 1. The van der Waals surface area contributed by atoms with E-state index in [9.17, 15) is 0 Å². The Morgan fingerprint density at radius 3 is 2.95 bits per heavy atom. The van der Waals surface area contributed by atoms with Gasteiger partial charge in [-0.1, -0.05) is 32.0 Å². The summed E-state index contributed by atoms with van der Waals surface area (Å²) in [4.78, 5) is 0. The summed E-state index contributed by atoms with van der Waals surface area (Å²) < 4.78 is 11.8. The number of fused-ring (bicyclic) bond motifs is 1. The van der Waals surface area contributed by atoms with Gasteiger partial charge < -0.3 is 14.5 Å². The van der Waals surface area contributed by atoms with E-state index < -0.39 is 0 Å². The molecule has 1 N–H and O–H groups in total. The number of hydrogen-bond donors (Lipinski definition) is 1. The highest BCUT2D eigenvalue weighted by Gasteiger charge is 2.32. The van der Waals surface area contributed by atoms with Crippen molar-refractivity contribution in [1.29, 1.82) is 0 Å². The van der Waals surface area contributed by atoms with Gasteiger partial charge in [-0.3, -0.25) is 0 Å². The molecule has 1 aromatic carbocycles. The Morgan fingerprint density at radius 1 is 1.32 bits per heavy atom. The van der Waals surface area contributed by atoms with Gasteiger partial charge in [-0.15, -0.1) is 0 Å². The molecule has 3 heteroatoms. The highest BCUT2D eigenvalue weighted by Crippen LogP contribution is 2.36. The standard InChI is InChI=1S/C16H21NO2/c1-11(2)17-10-13-7-8-18-16(13)15-9-12-5-3-4-6-14(12)19-15/h3-6,9,11,13,16-17H,7-8,10H2,1-2H3. The second-order valence-corrected chi connectivity index (χ2v) is 5.59. The molecule has 102 valence electrons. The van der Waals surface area contributed by atoms with E-state index in [4.69, 9.17) is 9.15 Å². The average molecular weight is 259 g/mol. The molecule has 1 saturated heterocycles. The third kappa shape index (κ3) is 2.67. The maximum Gasteiger partial charge on any atom is 0.134 e. The van der Waals surface area contributed by atoms with E-state index in [-0.39, 0.29) is 6.10 Å². The number of hydrogen-bond acceptors (Lipinski definition) is 3. The smallest absolute Gasteiger partial charge is 0.134 e. The van der Waals surface area contributed by atoms with Crippen LogP contribution in [0.15, 0.2) is 34.7 Å². The summed E-state index contributed by atoms with van der Waals surface area (Å²) >= 11 is 0. The van der Waals surface area contributed by atoms with Crippen molar-refractivity contribution in [2.45, 2.75) is 32.4 Å². The van der Waals surface area contributed by atoms with Crippen molar-refractivity contribution in [3.8, 4) is 0 Å². The van der Waals surface area contributed by atoms with Crippen molar-refractivity contribution >= 4 is 11.0 Å². The maximum atomic E-state index is 5.94. The van der Waals surface area contributed by atoms with Crippen molar-refractivity contribution in [3.05, 3.63) is 36.1 Å². The van der Waals surface area contributed by atoms with Crippen LogP contribution in [-0.2, 0) is 4.74 Å². The van der Waals surface area contributed by atoms with Gasteiger partial charge in [0.15, 0.2) is 0 Å². The molecule has 3 nitrogen and oxygen atoms in total. The van der Waals surface area contributed by atoms with Gasteiger partial charge in [0.05, 0.1) is 0 Å². The van der Waals surface area contributed by atoms with E-state index in [1.807, 2.05) is 18.2 Å². The molecule has 1 fully saturated rings. The number of para-hydroxylation sites is 1. The summed E-state index contributed by atoms with van der Waals surface area (Å²) in [6.07, 6.45) is 1.19. The first-order valence-electron chi connectivity index (χ1n) is 7.07. The zero-order valence-corrected chi connectivity index (χ0v) is 11.6. The molecule has 3 rings (SSSR count). The van der Waals surface area contributed by atoms with Gasteiger partial charge in [-0.2, -0.15) is 0 Å². The molecule has 0 bridgehead atoms. The Hall–Kier alpha value is -1.32. The Balaban J connectivity index is 1.79. The van der Waals surface area contributed by atoms with E-state index >= 15 is 0 Å². The van der Waals surface area contributed by atoms with Crippen LogP contribution >= 0.6 is 0 Å². The summed E-state index contributed by atoms with van der Waals surface area (Å²) in [7, 11) is 0. The predicted molar refractivity (Wildman–Crippen MR) is 76.2 cm³/mol. The molecule has 19 heavy (non-hydrogen) atoms. The zero-order chi connectivity index (χ0) is 13.2. The lowest BCUT2D eigenvalue weighted by Crippen LogP contribution is -2.30. The molecule has 0 aliphatic carbocycles. The van der Waals surface area contributed by atoms with Gasteiger partial charge >= 0.3 is 0 Å². The monoisotopic (exact) mass is 259 g/mol. The normalized spacial score (nSPS) is 23.5. The lowest BCUT2D eigenvalue weighted by atomic mass is 9.99. The van der Waals surface area contributed by atoms with E-state index in [1.54, 1.807) is 0 Å². The molecule has 2 heterocycles. The fourth-order valence-corrected chi connectivity index (χ4v) is 2.69. The number of benzene rings is 1. The van der Waals surface area contributed by atoms with Gasteiger partial charge in [-0.25, -0.2) is 0 Å². The Bertz CT molecular complexity index is 513. The van der Waals surface area contributed by atoms with E-state index in [0.29, 0.717) is 12.0 Å². The van der Waals surface area contributed by atoms with Crippen LogP contribution < -0.4 is 5.32 Å². The van der Waals surface area contributed by atoms with Gasteiger partial charge in [0.2, 0.25) is 0 Å². The van der Waals surface area contributed by atoms with Crippen LogP contribution in [0.5, 0.6) is 0 Å². The van der Waals surface area contributed by atoms with Gasteiger partial charge in [0.1, 0.15) is 17.4 Å². The summed E-state index contributed by atoms with van der Waals surface area (Å²) in [5, 5.41) is 4.66. The minimum Gasteiger partial charge on any atom is -0.458 e. The molecule has 2 aromatic rings. The third-order valence-electron chi connectivity index (χ3n) is 3.73. The Labute approximate surface area is 113 Å². The minimum absolute atomic E-state index is 0.0960. The number of rotatable bonds is 4. The first kappa shape index (κ1) is 12.7. The average Bonchev–Trinajstić information content (AvgIpc) is 3.02. The van der Waals surface area contributed by atoms with Crippen LogP contribution in [0.25, 0.3) is 11.0 Å². The van der Waals surface area contributed by atoms with Crippen LogP contribution in [0.4, 0.5) is 0 Å². The second-order valence-electron chi connectivity index (χ2n) is 5.59. The van der Waals surface area contributed by atoms with Gasteiger partial charge in [-0.05, 0) is 18.6 Å². The first-order chi connectivity index (χ1) is 9.24. The van der Waals surface area contributed by atoms with Crippen LogP contribution in [0.2, 0.25) is 0 Å². The van der Waals surface area contributed by atoms with Gasteiger partial charge in [0, 0.05) is 30.5 Å². The lowest BCUT2D eigenvalue weighted by Gasteiger charge is -2.18. The van der Waals surface area contributed by atoms with Crippen molar-refractivity contribution in [1.82, 2.24) is 5.32 Å². The summed E-state index contributed by atoms with van der Waals surface area (Å²) in [5.74, 6) is 1.47. The molecule has 1 aromatic heterocycles. The fraction of sp³-hybridized carbons (Fsp3) is 0.500. The van der Waals surface area contributed by atoms with Crippen LogP contribution in [-0.4, -0.2) is 19.2 Å². The van der Waals surface area contributed by atoms with Crippen molar-refractivity contribution in [3.63, 3.8) is 0 Å². The molecule has 1 aliphatic heterocycles. The molecule has 0 radical (unpaired) electrons. The van der Waals surface area contributed by atoms with E-state index in [0.717, 1.165) is 36.3 Å². The maximum absolute atomic E-state index is 5.94. The second kappa shape index (κ2) is 5.35. The number of nitrogens with one attached hydrogen (secondary N) is 1. The zero-order valence-electron chi connectivity index (χ0n) is 11.6. The van der Waals surface area contributed by atoms with E-state index in [2.05, 4.69) is 31.3 Å². The summed E-state index contributed by atoms with van der Waals surface area (Å²) in [6, 6.07) is 10.8. The molecular formula is C16H21NO2.